The molecule has 2 unspecified atom stereocenters. The fourth-order valence-corrected chi connectivity index (χ4v) is 3.84. The Bertz CT molecular complexity index is 1180. The molecule has 0 aromatic heterocycles. The summed E-state index contributed by atoms with van der Waals surface area (Å²) in [5.41, 5.74) is 2.91. The van der Waals surface area contributed by atoms with Gasteiger partial charge in [0, 0.05) is 11.7 Å². The van der Waals surface area contributed by atoms with Crippen LogP contribution in [-0.2, 0) is 14.3 Å². The van der Waals surface area contributed by atoms with Crippen molar-refractivity contribution in [2.24, 2.45) is 5.92 Å². The largest absolute Gasteiger partial charge is 0.444 e. The van der Waals surface area contributed by atoms with Gasteiger partial charge in [0.15, 0.2) is 0 Å². The van der Waals surface area contributed by atoms with Crippen LogP contribution < -0.4 is 10.6 Å². The molecule has 0 bridgehead atoms. The number of carbonyl (C=O) groups excluding carboxylic acids is 3. The summed E-state index contributed by atoms with van der Waals surface area (Å²) in [6, 6.07) is 13.0. The molecule has 2 N–H and O–H groups in total. The smallest absolute Gasteiger partial charge is 0.408 e. The number of amides is 3. The highest BCUT2D eigenvalue weighted by molar-refractivity contribution is 6.00. The average molecular weight is 504 g/mol. The maximum atomic E-state index is 13.8. The fraction of sp³-hybridized carbons (Fsp3) is 0.367. The molecule has 7 nitrogen and oxygen atoms in total. The summed E-state index contributed by atoms with van der Waals surface area (Å²) in [7, 11) is 0. The summed E-state index contributed by atoms with van der Waals surface area (Å²) in [4.78, 5) is 41.1. The predicted octanol–water partition coefficient (Wildman–Crippen LogP) is 5.59. The predicted molar refractivity (Wildman–Crippen MR) is 147 cm³/mol. The highest BCUT2D eigenvalue weighted by Crippen LogP contribution is 2.28. The molecule has 7 heteroatoms. The van der Waals surface area contributed by atoms with Gasteiger partial charge >= 0.3 is 6.09 Å². The molecular weight excluding hydrogens is 466 g/mol. The zero-order valence-electron chi connectivity index (χ0n) is 22.7. The molecule has 2 rings (SSSR count). The number of carbonyl (C=O) groups is 3. The van der Waals surface area contributed by atoms with E-state index in [-0.39, 0.29) is 5.92 Å². The highest BCUT2D eigenvalue weighted by Gasteiger charge is 2.37. The number of rotatable bonds is 8. The summed E-state index contributed by atoms with van der Waals surface area (Å²) in [5, 5.41) is 5.59. The third-order valence-corrected chi connectivity index (χ3v) is 5.68. The van der Waals surface area contributed by atoms with Gasteiger partial charge in [-0.1, -0.05) is 69.3 Å². The minimum atomic E-state index is -1.17. The Hall–Kier alpha value is -4.05. The monoisotopic (exact) mass is 503 g/mol. The van der Waals surface area contributed by atoms with Crippen LogP contribution in [0.25, 0.3) is 6.08 Å². The van der Waals surface area contributed by atoms with Gasteiger partial charge in [0.1, 0.15) is 17.7 Å². The number of hydrogen-bond donors (Lipinski definition) is 2. The van der Waals surface area contributed by atoms with Crippen LogP contribution in [0, 0.1) is 32.2 Å². The van der Waals surface area contributed by atoms with E-state index in [1.165, 1.54) is 0 Å². The van der Waals surface area contributed by atoms with Gasteiger partial charge in [-0.15, -0.1) is 0 Å². The van der Waals surface area contributed by atoms with E-state index in [9.17, 15) is 14.4 Å². The Kier molecular flexibility index (Phi) is 9.67. The first-order valence-electron chi connectivity index (χ1n) is 12.2. The minimum Gasteiger partial charge on any atom is -0.444 e. The number of anilines is 1. The van der Waals surface area contributed by atoms with E-state index in [1.54, 1.807) is 58.9 Å². The van der Waals surface area contributed by atoms with Crippen LogP contribution in [0.4, 0.5) is 10.5 Å². The topological polar surface area (TPSA) is 87.7 Å². The van der Waals surface area contributed by atoms with Gasteiger partial charge in [-0.3, -0.25) is 14.5 Å². The maximum absolute atomic E-state index is 13.8. The van der Waals surface area contributed by atoms with Gasteiger partial charge in [0.25, 0.3) is 11.8 Å². The molecule has 3 amide bonds. The Morgan fingerprint density at radius 2 is 1.68 bits per heavy atom. The van der Waals surface area contributed by atoms with Crippen molar-refractivity contribution in [2.75, 3.05) is 5.32 Å². The van der Waals surface area contributed by atoms with E-state index < -0.39 is 35.6 Å². The molecule has 0 radical (unpaired) electrons. The molecule has 37 heavy (non-hydrogen) atoms. The molecule has 0 heterocycles. The number of para-hydroxylation sites is 1. The standard InChI is InChI=1S/C30H37N3O4/c1-10-22-16-13-17-23(18-22)26(27(34)31-25-20(5)14-12-15-21(25)6)33(11-2)28(35)24(19(3)4)32-29(36)37-30(7,8)9/h2,10,12-19,24,26H,1H2,3-9H3,(H,31,34)(H,32,36). The van der Waals surface area contributed by atoms with Crippen LogP contribution in [0.2, 0.25) is 0 Å². The molecule has 0 saturated carbocycles. The van der Waals surface area contributed by atoms with E-state index in [0.29, 0.717) is 11.3 Å². The van der Waals surface area contributed by atoms with Gasteiger partial charge in [-0.05, 0) is 68.9 Å². The third-order valence-electron chi connectivity index (χ3n) is 5.68. The molecule has 0 fully saturated rings. The lowest BCUT2D eigenvalue weighted by atomic mass is 9.98. The second kappa shape index (κ2) is 12.3. The summed E-state index contributed by atoms with van der Waals surface area (Å²) < 4.78 is 5.35. The summed E-state index contributed by atoms with van der Waals surface area (Å²) in [5.74, 6) is -1.42. The van der Waals surface area contributed by atoms with Crippen LogP contribution >= 0.6 is 0 Å². The molecule has 2 atom stereocenters. The van der Waals surface area contributed by atoms with Crippen LogP contribution in [0.3, 0.4) is 0 Å². The van der Waals surface area contributed by atoms with Crippen molar-refractivity contribution in [3.05, 3.63) is 71.3 Å². The molecule has 0 aliphatic carbocycles. The number of ether oxygens (including phenoxy) is 1. The number of nitrogens with one attached hydrogen (secondary N) is 2. The number of aryl methyl sites for hydroxylation is 2. The van der Waals surface area contributed by atoms with Gasteiger partial charge in [0.05, 0.1) is 0 Å². The van der Waals surface area contributed by atoms with Gasteiger partial charge < -0.3 is 15.4 Å². The summed E-state index contributed by atoms with van der Waals surface area (Å²) in [6.45, 7) is 16.3. The SMILES string of the molecule is C#CN(C(=O)C(NC(=O)OC(C)(C)C)C(C)C)C(C(=O)Nc1c(C)cccc1C)c1cccc(C=C)c1. The Morgan fingerprint density at radius 3 is 2.19 bits per heavy atom. The Labute approximate surface area is 220 Å². The second-order valence-electron chi connectivity index (χ2n) is 10.2. The Balaban J connectivity index is 2.53. The molecule has 196 valence electrons. The zero-order chi connectivity index (χ0) is 27.9. The number of alkyl carbamates (subject to hydrolysis) is 1. The van der Waals surface area contributed by atoms with Crippen molar-refractivity contribution >= 4 is 29.7 Å². The average Bonchev–Trinajstić information content (AvgIpc) is 2.81. The van der Waals surface area contributed by atoms with Crippen LogP contribution in [0.5, 0.6) is 0 Å². The molecule has 0 aliphatic rings. The second-order valence-corrected chi connectivity index (χ2v) is 10.2. The maximum Gasteiger partial charge on any atom is 0.408 e. The van der Waals surface area contributed by atoms with Crippen molar-refractivity contribution in [2.45, 2.75) is 66.2 Å². The lowest BCUT2D eigenvalue weighted by Gasteiger charge is -2.32. The molecule has 0 spiro atoms. The third kappa shape index (κ3) is 7.71. The normalized spacial score (nSPS) is 12.6. The lowest BCUT2D eigenvalue weighted by Crippen LogP contribution is -2.53. The van der Waals surface area contributed by atoms with Crippen LogP contribution in [-0.4, -0.2) is 34.5 Å². The van der Waals surface area contributed by atoms with Gasteiger partial charge in [-0.25, -0.2) is 4.79 Å². The molecular formula is C30H37N3O4. The van der Waals surface area contributed by atoms with Crippen molar-refractivity contribution in [3.63, 3.8) is 0 Å². The quantitative estimate of drug-likeness (QED) is 0.363. The first-order valence-corrected chi connectivity index (χ1v) is 12.2. The van der Waals surface area contributed by atoms with Crippen LogP contribution in [0.15, 0.2) is 49.0 Å². The van der Waals surface area contributed by atoms with Gasteiger partial charge in [-0.2, -0.15) is 0 Å². The Morgan fingerprint density at radius 1 is 1.08 bits per heavy atom. The van der Waals surface area contributed by atoms with E-state index >= 15 is 0 Å². The summed E-state index contributed by atoms with van der Waals surface area (Å²) >= 11 is 0. The highest BCUT2D eigenvalue weighted by atomic mass is 16.6. The van der Waals surface area contributed by atoms with E-state index in [4.69, 9.17) is 11.2 Å². The fourth-order valence-electron chi connectivity index (χ4n) is 3.84. The molecule has 0 aliphatic heterocycles. The minimum absolute atomic E-state index is 0.335. The molecule has 0 saturated heterocycles. The molecule has 2 aromatic rings. The van der Waals surface area contributed by atoms with Crippen LogP contribution in [0.1, 0.15) is 62.9 Å². The van der Waals surface area contributed by atoms with E-state index in [0.717, 1.165) is 21.6 Å². The first-order chi connectivity index (χ1) is 17.3. The van der Waals surface area contributed by atoms with Crippen molar-refractivity contribution in [3.8, 4) is 12.5 Å². The lowest BCUT2D eigenvalue weighted by molar-refractivity contribution is -0.137. The number of hydrogen-bond acceptors (Lipinski definition) is 4. The summed E-state index contributed by atoms with van der Waals surface area (Å²) in [6.07, 6.45) is 6.75. The zero-order valence-corrected chi connectivity index (χ0v) is 22.7. The van der Waals surface area contributed by atoms with Crippen molar-refractivity contribution < 1.29 is 19.1 Å². The first kappa shape index (κ1) is 29.2. The number of terminal acetylenes is 1. The van der Waals surface area contributed by atoms with Crippen molar-refractivity contribution in [1.82, 2.24) is 10.2 Å². The van der Waals surface area contributed by atoms with Crippen molar-refractivity contribution in [1.29, 1.82) is 0 Å². The number of nitrogens with zero attached hydrogens (tertiary/aromatic N) is 1. The van der Waals surface area contributed by atoms with E-state index in [2.05, 4.69) is 23.3 Å². The van der Waals surface area contributed by atoms with E-state index in [1.807, 2.05) is 38.1 Å². The van der Waals surface area contributed by atoms with Gasteiger partial charge in [0.2, 0.25) is 0 Å². The molecule has 2 aromatic carbocycles. The number of benzene rings is 2.